The zero-order chi connectivity index (χ0) is 44.5. The van der Waals surface area contributed by atoms with Crippen molar-refractivity contribution in [2.75, 3.05) is 26.2 Å². The van der Waals surface area contributed by atoms with Crippen LogP contribution in [0.15, 0.2) is 39.2 Å². The number of benzene rings is 1. The second-order valence-corrected chi connectivity index (χ2v) is 14.2. The fourth-order valence-electron chi connectivity index (χ4n) is 5.98. The number of rotatable bonds is 18. The summed E-state index contributed by atoms with van der Waals surface area (Å²) in [5.41, 5.74) is 39.6. The van der Waals surface area contributed by atoms with E-state index in [2.05, 4.69) is 46.9 Å². The van der Waals surface area contributed by atoms with Crippen LogP contribution in [0.1, 0.15) is 88.2 Å². The lowest BCUT2D eigenvalue weighted by atomic mass is 10.0. The van der Waals surface area contributed by atoms with Crippen LogP contribution in [0.4, 0.5) is 0 Å². The fourth-order valence-corrected chi connectivity index (χ4v) is 5.98. The first-order valence-corrected chi connectivity index (χ1v) is 19.9. The Labute approximate surface area is 349 Å². The number of aliphatic imine (C=N–C) groups is 3. The third-order valence-corrected chi connectivity index (χ3v) is 9.17. The van der Waals surface area contributed by atoms with E-state index in [1.54, 1.807) is 24.3 Å². The zero-order valence-electron chi connectivity index (χ0n) is 34.0. The lowest BCUT2D eigenvalue weighted by Gasteiger charge is -2.27. The molecule has 0 aromatic heterocycles. The van der Waals surface area contributed by atoms with Crippen LogP contribution in [0.25, 0.3) is 0 Å². The van der Waals surface area contributed by atoms with Gasteiger partial charge in [-0.25, -0.2) is 0 Å². The van der Waals surface area contributed by atoms with Gasteiger partial charge in [0, 0.05) is 51.1 Å². The highest BCUT2D eigenvalue weighted by Crippen LogP contribution is 2.10. The van der Waals surface area contributed by atoms with E-state index in [0.717, 1.165) is 0 Å². The number of nitrogens with zero attached hydrogens (tertiary/aromatic N) is 3. The van der Waals surface area contributed by atoms with Gasteiger partial charge in [0.25, 0.3) is 0 Å². The smallest absolute Gasteiger partial charge is 0.243 e. The second-order valence-electron chi connectivity index (χ2n) is 14.2. The molecule has 1 aromatic rings. The maximum Gasteiger partial charge on any atom is 0.243 e. The Hall–Kier alpha value is -6.68. The monoisotopic (exact) mass is 842 g/mol. The fraction of sp³-hybridized carbons (Fsp3) is 0.568. The quantitative estimate of drug-likeness (QED) is 0.0383. The summed E-state index contributed by atoms with van der Waals surface area (Å²) in [5.74, 6) is -3.87. The molecule has 1 fully saturated rings. The predicted molar refractivity (Wildman–Crippen MR) is 227 cm³/mol. The summed E-state index contributed by atoms with van der Waals surface area (Å²) in [6.07, 6.45) is 2.36. The molecule has 23 nitrogen and oxygen atoms in total. The van der Waals surface area contributed by atoms with Crippen molar-refractivity contribution >= 4 is 59.2 Å². The van der Waals surface area contributed by atoms with Gasteiger partial charge in [0.2, 0.25) is 35.4 Å². The molecule has 1 saturated heterocycles. The molecular weight excluding hydrogens is 779 g/mol. The number of nitrogens with two attached hydrogens (primary N) is 7. The van der Waals surface area contributed by atoms with Crippen LogP contribution in [0.5, 0.6) is 0 Å². The van der Waals surface area contributed by atoms with Crippen molar-refractivity contribution < 1.29 is 28.8 Å². The van der Waals surface area contributed by atoms with E-state index in [1.165, 1.54) is 0 Å². The molecule has 6 amide bonds. The first kappa shape index (κ1) is 49.5. The van der Waals surface area contributed by atoms with Crippen molar-refractivity contribution in [3.63, 3.8) is 0 Å². The zero-order valence-corrected chi connectivity index (χ0v) is 34.0. The number of carbonyl (C=O) groups is 6. The molecule has 332 valence electrons. The summed E-state index contributed by atoms with van der Waals surface area (Å²) >= 11 is 0. The van der Waals surface area contributed by atoms with Crippen LogP contribution in [-0.2, 0) is 35.3 Å². The average Bonchev–Trinajstić information content (AvgIpc) is 3.19. The van der Waals surface area contributed by atoms with Crippen molar-refractivity contribution in [1.82, 2.24) is 31.9 Å². The van der Waals surface area contributed by atoms with Crippen LogP contribution >= 0.6 is 0 Å². The van der Waals surface area contributed by atoms with Crippen molar-refractivity contribution in [1.29, 1.82) is 5.41 Å². The Kier molecular flexibility index (Phi) is 22.3. The summed E-state index contributed by atoms with van der Waals surface area (Å²) in [6, 6.07) is 2.14. The molecule has 21 N–H and O–H groups in total. The first-order valence-electron chi connectivity index (χ1n) is 19.9. The predicted octanol–water partition coefficient (Wildman–Crippen LogP) is -3.84. The largest absolute Gasteiger partial charge is 0.384 e. The maximum atomic E-state index is 14.1. The molecular formula is C37H63N17O6. The minimum absolute atomic E-state index is 0.0220. The highest BCUT2D eigenvalue weighted by atomic mass is 16.2. The van der Waals surface area contributed by atoms with Crippen LogP contribution in [0, 0.1) is 5.41 Å². The van der Waals surface area contributed by atoms with E-state index in [9.17, 15) is 28.8 Å². The van der Waals surface area contributed by atoms with Crippen LogP contribution < -0.4 is 72.0 Å². The minimum Gasteiger partial charge on any atom is -0.384 e. The summed E-state index contributed by atoms with van der Waals surface area (Å²) in [5, 5.41) is 24.1. The number of carbonyl (C=O) groups excluding carboxylic acids is 6. The lowest BCUT2D eigenvalue weighted by Crippen LogP contribution is -2.58. The van der Waals surface area contributed by atoms with Gasteiger partial charge in [-0.1, -0.05) is 24.3 Å². The topological polar surface area (TPSA) is 418 Å². The second kappa shape index (κ2) is 27.1. The van der Waals surface area contributed by atoms with Gasteiger partial charge in [-0.3, -0.25) is 49.2 Å². The van der Waals surface area contributed by atoms with E-state index in [1.807, 2.05) is 0 Å². The van der Waals surface area contributed by atoms with Gasteiger partial charge < -0.3 is 72.0 Å². The SMILES string of the molecule is N=C(N)c1ccc(CNC(=O)[C@H](CCCN=C(N)N)NC(=O)[C@@H]2CCCCNC(=O)CCCC(=O)N[C@@H](CCCN=C(N)N)C(=O)N[C@@H](CCCN=C(N)N)C(=O)N2)cc1. The van der Waals surface area contributed by atoms with E-state index >= 15 is 0 Å². The summed E-state index contributed by atoms with van der Waals surface area (Å²) in [7, 11) is 0. The van der Waals surface area contributed by atoms with E-state index in [4.69, 9.17) is 45.5 Å². The molecule has 1 aliphatic rings. The number of hydrogen-bond donors (Lipinski definition) is 14. The maximum absolute atomic E-state index is 14.1. The summed E-state index contributed by atoms with van der Waals surface area (Å²) < 4.78 is 0. The number of hydrogen-bond acceptors (Lipinski definition) is 10. The first-order chi connectivity index (χ1) is 28.5. The van der Waals surface area contributed by atoms with Crippen LogP contribution in [0.2, 0.25) is 0 Å². The molecule has 0 aliphatic carbocycles. The standard InChI is InChI=1S/C37H63N17O6/c38-30(39)23-15-13-22(14-16-23)21-50-31(57)24(8-4-18-47-35(40)41)52-33(59)26-7-1-2-17-46-28(55)11-3-12-29(56)51-25(9-5-19-48-36(42)43)32(58)54-27(34(60)53-26)10-6-20-49-37(44)45/h13-16,24-27H,1-12,17-21H2,(H3,38,39)(H,46,55)(H,50,57)(H,51,56)(H,52,59)(H,53,60)(H,54,58)(H4,40,41,47)(H4,42,43,48)(H4,44,45,49)/t24-,25-,26-,27-/m0/s1. The number of nitrogen functional groups attached to an aromatic ring is 1. The van der Waals surface area contributed by atoms with Gasteiger partial charge in [0.1, 0.15) is 30.0 Å². The third kappa shape index (κ3) is 20.7. The molecule has 0 saturated carbocycles. The molecule has 1 aromatic carbocycles. The van der Waals surface area contributed by atoms with Gasteiger partial charge in [-0.2, -0.15) is 0 Å². The third-order valence-electron chi connectivity index (χ3n) is 9.17. The van der Waals surface area contributed by atoms with Gasteiger partial charge in [-0.05, 0) is 69.8 Å². The lowest BCUT2D eigenvalue weighted by molar-refractivity contribution is -0.135. The Morgan fingerprint density at radius 2 is 1.27 bits per heavy atom. The number of amides is 6. The Balaban J connectivity index is 2.40. The average molecular weight is 842 g/mol. The molecule has 0 bridgehead atoms. The normalized spacial score (nSPS) is 18.6. The van der Waals surface area contributed by atoms with Crippen molar-refractivity contribution in [2.24, 2.45) is 55.1 Å². The highest BCUT2D eigenvalue weighted by molar-refractivity contribution is 5.96. The van der Waals surface area contributed by atoms with Crippen LogP contribution in [-0.4, -0.2) is 110 Å². The Morgan fingerprint density at radius 1 is 0.717 bits per heavy atom. The van der Waals surface area contributed by atoms with Gasteiger partial charge >= 0.3 is 0 Å². The number of amidine groups is 1. The molecule has 1 aliphatic heterocycles. The van der Waals surface area contributed by atoms with Crippen molar-refractivity contribution in [2.45, 2.75) is 108 Å². The molecule has 0 unspecified atom stereocenters. The molecule has 60 heavy (non-hydrogen) atoms. The summed E-state index contributed by atoms with van der Waals surface area (Å²) in [4.78, 5) is 92.7. The van der Waals surface area contributed by atoms with Crippen molar-refractivity contribution in [3.05, 3.63) is 35.4 Å². The molecule has 2 rings (SSSR count). The van der Waals surface area contributed by atoms with Gasteiger partial charge in [0.15, 0.2) is 17.9 Å². The van der Waals surface area contributed by atoms with E-state index < -0.39 is 53.7 Å². The molecule has 4 atom stereocenters. The Morgan fingerprint density at radius 3 is 1.85 bits per heavy atom. The number of nitrogens with one attached hydrogen (secondary N) is 7. The Bertz CT molecular complexity index is 1690. The van der Waals surface area contributed by atoms with Crippen LogP contribution in [0.3, 0.4) is 0 Å². The number of guanidine groups is 3. The van der Waals surface area contributed by atoms with Gasteiger partial charge in [0.05, 0.1) is 0 Å². The molecule has 1 heterocycles. The molecule has 23 heteroatoms. The van der Waals surface area contributed by atoms with Gasteiger partial charge in [-0.15, -0.1) is 0 Å². The summed E-state index contributed by atoms with van der Waals surface area (Å²) in [6.45, 7) is 0.853. The highest BCUT2D eigenvalue weighted by Gasteiger charge is 2.31. The molecule has 0 spiro atoms. The van der Waals surface area contributed by atoms with E-state index in [0.29, 0.717) is 36.8 Å². The minimum atomic E-state index is -1.20. The molecule has 0 radical (unpaired) electrons. The van der Waals surface area contributed by atoms with E-state index in [-0.39, 0.29) is 114 Å². The van der Waals surface area contributed by atoms with Crippen molar-refractivity contribution in [3.8, 4) is 0 Å².